The van der Waals surface area contributed by atoms with Gasteiger partial charge in [0.2, 0.25) is 0 Å². The molecule has 1 unspecified atom stereocenters. The minimum absolute atomic E-state index is 0.0842. The van der Waals surface area contributed by atoms with E-state index in [4.69, 9.17) is 4.74 Å². The largest absolute Gasteiger partial charge is 0.354 e. The first-order chi connectivity index (χ1) is 9.08. The molecule has 2 heterocycles. The van der Waals surface area contributed by atoms with Gasteiger partial charge in [0, 0.05) is 12.4 Å². The fourth-order valence-electron chi connectivity index (χ4n) is 3.16. The molecule has 4 nitrogen and oxygen atoms in total. The van der Waals surface area contributed by atoms with E-state index in [1.54, 1.807) is 17.0 Å². The Morgan fingerprint density at radius 1 is 1.30 bits per heavy atom. The van der Waals surface area contributed by atoms with E-state index in [0.717, 1.165) is 12.8 Å². The highest BCUT2D eigenvalue weighted by molar-refractivity contribution is 4.92. The third kappa shape index (κ3) is 3.35. The number of aromatic amines is 1. The van der Waals surface area contributed by atoms with Crippen LogP contribution in [0.25, 0.3) is 0 Å². The highest BCUT2D eigenvalue weighted by atomic mass is 16.5. The summed E-state index contributed by atoms with van der Waals surface area (Å²) in [5, 5.41) is 0. The van der Waals surface area contributed by atoms with E-state index in [-0.39, 0.29) is 28.9 Å². The van der Waals surface area contributed by atoms with Crippen LogP contribution < -0.4 is 5.69 Å². The van der Waals surface area contributed by atoms with Crippen LogP contribution in [0.1, 0.15) is 60.6 Å². The van der Waals surface area contributed by atoms with Gasteiger partial charge >= 0.3 is 5.69 Å². The number of hydrogen-bond donors (Lipinski definition) is 1. The van der Waals surface area contributed by atoms with Crippen molar-refractivity contribution in [2.45, 2.75) is 66.7 Å². The zero-order valence-corrected chi connectivity index (χ0v) is 13.6. The second-order valence-corrected chi connectivity index (χ2v) is 8.27. The van der Waals surface area contributed by atoms with Crippen molar-refractivity contribution in [3.05, 3.63) is 22.9 Å². The average molecular weight is 280 g/mol. The van der Waals surface area contributed by atoms with Crippen LogP contribution in [0.15, 0.2) is 17.2 Å². The first-order valence-corrected chi connectivity index (χ1v) is 7.49. The van der Waals surface area contributed by atoms with Crippen molar-refractivity contribution < 1.29 is 4.74 Å². The van der Waals surface area contributed by atoms with E-state index in [0.29, 0.717) is 5.92 Å². The van der Waals surface area contributed by atoms with Crippen LogP contribution in [0.3, 0.4) is 0 Å². The molecule has 4 heteroatoms. The molecular weight excluding hydrogens is 252 g/mol. The second kappa shape index (κ2) is 5.06. The number of aromatic nitrogens is 2. The van der Waals surface area contributed by atoms with Gasteiger partial charge in [0.15, 0.2) is 0 Å². The summed E-state index contributed by atoms with van der Waals surface area (Å²) in [5.41, 5.74) is 0.329. The number of imidazole rings is 1. The molecule has 0 aliphatic carbocycles. The fraction of sp³-hybridized carbons (Fsp3) is 0.812. The van der Waals surface area contributed by atoms with Crippen LogP contribution in [0.2, 0.25) is 0 Å². The highest BCUT2D eigenvalue weighted by Gasteiger charge is 2.43. The Morgan fingerprint density at radius 3 is 2.40 bits per heavy atom. The molecule has 1 N–H and O–H groups in total. The van der Waals surface area contributed by atoms with Gasteiger partial charge < -0.3 is 9.72 Å². The molecule has 1 saturated heterocycles. The first-order valence-electron chi connectivity index (χ1n) is 7.49. The van der Waals surface area contributed by atoms with Gasteiger partial charge in [-0.3, -0.25) is 4.57 Å². The molecule has 0 radical (unpaired) electrons. The lowest BCUT2D eigenvalue weighted by molar-refractivity contribution is -0.0335. The standard InChI is InChI=1S/C16H28N2O2/c1-15(2,3)10-12-11(16(4,5)6)9-13(20-12)18-8-7-17-14(18)19/h7-8,11-13H,9-10H2,1-6H3,(H,17,19)/t11?,12-,13-/m1/s1. The predicted octanol–water partition coefficient (Wildman–Crippen LogP) is 3.56. The number of rotatable bonds is 2. The van der Waals surface area contributed by atoms with Crippen LogP contribution in [0, 0.1) is 16.7 Å². The first kappa shape index (κ1) is 15.4. The maximum absolute atomic E-state index is 11.8. The van der Waals surface area contributed by atoms with Crippen LogP contribution in [-0.2, 0) is 4.74 Å². The van der Waals surface area contributed by atoms with Gasteiger partial charge in [-0.2, -0.15) is 0 Å². The number of hydrogen-bond acceptors (Lipinski definition) is 2. The van der Waals surface area contributed by atoms with Crippen LogP contribution in [-0.4, -0.2) is 15.7 Å². The molecule has 0 aromatic carbocycles. The molecule has 0 spiro atoms. The van der Waals surface area contributed by atoms with Gasteiger partial charge in [0.25, 0.3) is 0 Å². The van der Waals surface area contributed by atoms with Crippen molar-refractivity contribution in [1.82, 2.24) is 9.55 Å². The molecule has 114 valence electrons. The zero-order valence-electron chi connectivity index (χ0n) is 13.6. The maximum Gasteiger partial charge on any atom is 0.327 e. The zero-order chi connectivity index (χ0) is 15.1. The van der Waals surface area contributed by atoms with Crippen LogP contribution >= 0.6 is 0 Å². The second-order valence-electron chi connectivity index (χ2n) is 8.27. The third-order valence-electron chi connectivity index (χ3n) is 4.15. The molecule has 0 bridgehead atoms. The Morgan fingerprint density at radius 2 is 1.95 bits per heavy atom. The Bertz CT molecular complexity index is 502. The molecule has 1 fully saturated rings. The summed E-state index contributed by atoms with van der Waals surface area (Å²) in [6.07, 6.45) is 5.46. The van der Waals surface area contributed by atoms with E-state index in [1.165, 1.54) is 0 Å². The van der Waals surface area contributed by atoms with Crippen LogP contribution in [0.4, 0.5) is 0 Å². The van der Waals surface area contributed by atoms with Crippen molar-refractivity contribution in [3.63, 3.8) is 0 Å². The van der Waals surface area contributed by atoms with Gasteiger partial charge in [0.05, 0.1) is 6.10 Å². The van der Waals surface area contributed by atoms with Gasteiger partial charge in [-0.1, -0.05) is 41.5 Å². The summed E-state index contributed by atoms with van der Waals surface area (Å²) in [7, 11) is 0. The lowest BCUT2D eigenvalue weighted by Gasteiger charge is -2.33. The van der Waals surface area contributed by atoms with E-state index in [1.807, 2.05) is 0 Å². The van der Waals surface area contributed by atoms with Crippen molar-refractivity contribution in [2.75, 3.05) is 0 Å². The molecule has 0 amide bonds. The summed E-state index contributed by atoms with van der Waals surface area (Å²) in [5.74, 6) is 0.466. The number of ether oxygens (including phenoxy) is 1. The van der Waals surface area contributed by atoms with Crippen molar-refractivity contribution >= 4 is 0 Å². The van der Waals surface area contributed by atoms with E-state index in [2.05, 4.69) is 46.5 Å². The SMILES string of the molecule is CC(C)(C)C[C@H]1O[C@@H](n2cc[nH]c2=O)CC1C(C)(C)C. The van der Waals surface area contributed by atoms with Gasteiger partial charge in [-0.05, 0) is 29.6 Å². The van der Waals surface area contributed by atoms with Crippen molar-refractivity contribution in [1.29, 1.82) is 0 Å². The van der Waals surface area contributed by atoms with Crippen LogP contribution in [0.5, 0.6) is 0 Å². The third-order valence-corrected chi connectivity index (χ3v) is 4.15. The van der Waals surface area contributed by atoms with Gasteiger partial charge in [-0.25, -0.2) is 4.79 Å². The molecule has 1 aliphatic rings. The molecule has 1 aromatic heterocycles. The summed E-state index contributed by atoms with van der Waals surface area (Å²) >= 11 is 0. The molecule has 0 saturated carbocycles. The topological polar surface area (TPSA) is 47.0 Å². The Hall–Kier alpha value is -1.03. The highest BCUT2D eigenvalue weighted by Crippen LogP contribution is 2.46. The van der Waals surface area contributed by atoms with Crippen molar-refractivity contribution in [2.24, 2.45) is 16.7 Å². The Labute approximate surface area is 121 Å². The van der Waals surface area contributed by atoms with Gasteiger partial charge in [-0.15, -0.1) is 0 Å². The number of H-pyrrole nitrogens is 1. The molecule has 20 heavy (non-hydrogen) atoms. The molecule has 1 aromatic rings. The normalized spacial score (nSPS) is 28.0. The maximum atomic E-state index is 11.8. The van der Waals surface area contributed by atoms with E-state index < -0.39 is 0 Å². The van der Waals surface area contributed by atoms with E-state index >= 15 is 0 Å². The molecule has 1 aliphatic heterocycles. The molecule has 2 rings (SSSR count). The molecular formula is C16H28N2O2. The Kier molecular flexibility index (Phi) is 3.89. The predicted molar refractivity (Wildman–Crippen MR) is 80.6 cm³/mol. The summed E-state index contributed by atoms with van der Waals surface area (Å²) < 4.78 is 7.93. The lowest BCUT2D eigenvalue weighted by atomic mass is 9.73. The van der Waals surface area contributed by atoms with E-state index in [9.17, 15) is 4.79 Å². The smallest absolute Gasteiger partial charge is 0.327 e. The lowest BCUT2D eigenvalue weighted by Crippen LogP contribution is -2.31. The monoisotopic (exact) mass is 280 g/mol. The minimum atomic E-state index is -0.134. The quantitative estimate of drug-likeness (QED) is 0.900. The summed E-state index contributed by atoms with van der Waals surface area (Å²) in [6.45, 7) is 13.5. The molecule has 3 atom stereocenters. The van der Waals surface area contributed by atoms with Gasteiger partial charge in [0.1, 0.15) is 6.23 Å². The van der Waals surface area contributed by atoms with Crippen molar-refractivity contribution in [3.8, 4) is 0 Å². The summed E-state index contributed by atoms with van der Waals surface area (Å²) in [4.78, 5) is 14.5. The fourth-order valence-corrected chi connectivity index (χ4v) is 3.16. The number of nitrogens with one attached hydrogen (secondary N) is 1. The summed E-state index contributed by atoms with van der Waals surface area (Å²) in [6, 6.07) is 0. The Balaban J connectivity index is 2.22. The minimum Gasteiger partial charge on any atom is -0.354 e. The average Bonchev–Trinajstić information content (AvgIpc) is 2.80. The number of nitrogens with zero attached hydrogens (tertiary/aromatic N) is 1.